The molecule has 24 heavy (non-hydrogen) atoms. The summed E-state index contributed by atoms with van der Waals surface area (Å²) < 4.78 is 6.92. The second-order valence-electron chi connectivity index (χ2n) is 5.64. The zero-order valence-corrected chi connectivity index (χ0v) is 14.4. The van der Waals surface area contributed by atoms with E-state index in [4.69, 9.17) is 4.42 Å². The lowest BCUT2D eigenvalue weighted by molar-refractivity contribution is -0.142. The van der Waals surface area contributed by atoms with Crippen molar-refractivity contribution in [2.24, 2.45) is 7.05 Å². The van der Waals surface area contributed by atoms with Crippen LogP contribution in [-0.2, 0) is 24.9 Å². The first-order valence-electron chi connectivity index (χ1n) is 7.56. The van der Waals surface area contributed by atoms with Crippen molar-refractivity contribution in [3.05, 3.63) is 64.0 Å². The average molecular weight is 345 g/mol. The van der Waals surface area contributed by atoms with E-state index < -0.39 is 6.10 Å². The molecule has 0 radical (unpaired) electrons. The normalized spacial score (nSPS) is 12.3. The molecule has 126 valence electrons. The third kappa shape index (κ3) is 3.74. The highest BCUT2D eigenvalue weighted by atomic mass is 32.1. The Labute approximate surface area is 143 Å². The van der Waals surface area contributed by atoms with Crippen molar-refractivity contribution in [1.82, 2.24) is 14.7 Å². The van der Waals surface area contributed by atoms with E-state index in [2.05, 4.69) is 5.10 Å². The predicted molar refractivity (Wildman–Crippen MR) is 90.2 cm³/mol. The smallest absolute Gasteiger partial charge is 0.256 e. The van der Waals surface area contributed by atoms with Gasteiger partial charge in [0.05, 0.1) is 25.5 Å². The minimum absolute atomic E-state index is 0.306. The maximum absolute atomic E-state index is 12.8. The first kappa shape index (κ1) is 16.5. The van der Waals surface area contributed by atoms with Crippen LogP contribution >= 0.6 is 11.3 Å². The zero-order valence-electron chi connectivity index (χ0n) is 13.5. The molecule has 3 aromatic rings. The van der Waals surface area contributed by atoms with Crippen LogP contribution in [0.5, 0.6) is 0 Å². The summed E-state index contributed by atoms with van der Waals surface area (Å²) >= 11 is 1.64. The number of hydrogen-bond acceptors (Lipinski definition) is 5. The molecule has 3 rings (SSSR count). The minimum Gasteiger partial charge on any atom is -0.467 e. The first-order valence-corrected chi connectivity index (χ1v) is 8.37. The number of furan rings is 1. The standard InChI is InChI=1S/C17H19N3O3S/c1-12-5-6-15(24-12)11-20(10-14-4-3-7-23-14)17(22)16(21)13-8-18-19(2)9-13/h3-9,16,21H,10-11H2,1-2H3/t16-/m1/s1. The summed E-state index contributed by atoms with van der Waals surface area (Å²) in [4.78, 5) is 16.6. The van der Waals surface area contributed by atoms with Crippen LogP contribution in [0.2, 0.25) is 0 Å². The third-order valence-corrected chi connectivity index (χ3v) is 4.64. The quantitative estimate of drug-likeness (QED) is 0.745. The van der Waals surface area contributed by atoms with Gasteiger partial charge < -0.3 is 14.4 Å². The van der Waals surface area contributed by atoms with E-state index in [0.29, 0.717) is 24.4 Å². The second-order valence-corrected chi connectivity index (χ2v) is 7.01. The Morgan fingerprint density at radius 2 is 2.25 bits per heavy atom. The summed E-state index contributed by atoms with van der Waals surface area (Å²) in [5.74, 6) is 0.306. The van der Waals surface area contributed by atoms with Crippen LogP contribution < -0.4 is 0 Å². The highest BCUT2D eigenvalue weighted by Crippen LogP contribution is 2.22. The monoisotopic (exact) mass is 345 g/mol. The molecule has 0 fully saturated rings. The number of carbonyl (C=O) groups excluding carboxylic acids is 1. The summed E-state index contributed by atoms with van der Waals surface area (Å²) in [5, 5.41) is 14.4. The number of nitrogens with zero attached hydrogens (tertiary/aromatic N) is 3. The lowest BCUT2D eigenvalue weighted by atomic mass is 10.1. The van der Waals surface area contributed by atoms with Gasteiger partial charge in [-0.2, -0.15) is 5.10 Å². The minimum atomic E-state index is -1.24. The van der Waals surface area contributed by atoms with Gasteiger partial charge in [0.2, 0.25) is 0 Å². The molecular formula is C17H19N3O3S. The van der Waals surface area contributed by atoms with Gasteiger partial charge in [0, 0.05) is 28.6 Å². The Balaban J connectivity index is 1.80. The van der Waals surface area contributed by atoms with Gasteiger partial charge in [-0.15, -0.1) is 11.3 Å². The summed E-state index contributed by atoms with van der Waals surface area (Å²) in [6.45, 7) is 2.76. The van der Waals surface area contributed by atoms with Gasteiger partial charge in [-0.1, -0.05) is 0 Å². The number of aliphatic hydroxyl groups is 1. The number of amides is 1. The van der Waals surface area contributed by atoms with E-state index >= 15 is 0 Å². The van der Waals surface area contributed by atoms with Gasteiger partial charge >= 0.3 is 0 Å². The molecule has 0 spiro atoms. The van der Waals surface area contributed by atoms with Crippen molar-refractivity contribution >= 4 is 17.2 Å². The Kier molecular flexibility index (Phi) is 4.82. The van der Waals surface area contributed by atoms with E-state index in [9.17, 15) is 9.90 Å². The highest BCUT2D eigenvalue weighted by Gasteiger charge is 2.26. The molecule has 1 amide bonds. The van der Waals surface area contributed by atoms with Gasteiger partial charge in [0.15, 0.2) is 6.10 Å². The van der Waals surface area contributed by atoms with Gasteiger partial charge in [0.25, 0.3) is 5.91 Å². The Bertz CT molecular complexity index is 807. The van der Waals surface area contributed by atoms with Gasteiger partial charge in [-0.25, -0.2) is 0 Å². The van der Waals surface area contributed by atoms with E-state index in [1.807, 2.05) is 25.1 Å². The Morgan fingerprint density at radius 3 is 2.83 bits per heavy atom. The van der Waals surface area contributed by atoms with Gasteiger partial charge in [-0.3, -0.25) is 9.48 Å². The number of rotatable bonds is 6. The lowest BCUT2D eigenvalue weighted by Crippen LogP contribution is -2.34. The van der Waals surface area contributed by atoms with Crippen LogP contribution in [0.3, 0.4) is 0 Å². The molecule has 0 aromatic carbocycles. The van der Waals surface area contributed by atoms with Gasteiger partial charge in [-0.05, 0) is 31.2 Å². The van der Waals surface area contributed by atoms with Crippen LogP contribution in [0.4, 0.5) is 0 Å². The number of hydrogen-bond donors (Lipinski definition) is 1. The first-order chi connectivity index (χ1) is 11.5. The summed E-state index contributed by atoms with van der Waals surface area (Å²) in [6.07, 6.45) is 3.48. The summed E-state index contributed by atoms with van der Waals surface area (Å²) in [6, 6.07) is 7.62. The van der Waals surface area contributed by atoms with Gasteiger partial charge in [0.1, 0.15) is 5.76 Å². The topological polar surface area (TPSA) is 71.5 Å². The number of aryl methyl sites for hydroxylation is 2. The van der Waals surface area contributed by atoms with Crippen LogP contribution in [0.25, 0.3) is 0 Å². The van der Waals surface area contributed by atoms with E-state index in [0.717, 1.165) is 4.88 Å². The molecule has 0 aliphatic carbocycles. The number of aromatic nitrogens is 2. The largest absolute Gasteiger partial charge is 0.467 e. The molecule has 1 N–H and O–H groups in total. The maximum Gasteiger partial charge on any atom is 0.256 e. The number of thiophene rings is 1. The lowest BCUT2D eigenvalue weighted by Gasteiger charge is -2.23. The Hall–Kier alpha value is -2.38. The van der Waals surface area contributed by atoms with Crippen LogP contribution in [0, 0.1) is 6.92 Å². The average Bonchev–Trinajstić information content (AvgIpc) is 3.28. The zero-order chi connectivity index (χ0) is 17.1. The molecule has 0 unspecified atom stereocenters. The predicted octanol–water partition coefficient (Wildman–Crippen LogP) is 2.65. The molecule has 0 aliphatic heterocycles. The number of carbonyl (C=O) groups is 1. The van der Waals surface area contributed by atoms with Crippen molar-refractivity contribution in [1.29, 1.82) is 0 Å². The van der Waals surface area contributed by atoms with Crippen molar-refractivity contribution in [3.63, 3.8) is 0 Å². The molecule has 3 aromatic heterocycles. The van der Waals surface area contributed by atoms with Crippen molar-refractivity contribution in [2.75, 3.05) is 0 Å². The molecule has 3 heterocycles. The Morgan fingerprint density at radius 1 is 1.42 bits per heavy atom. The van der Waals surface area contributed by atoms with Crippen molar-refractivity contribution < 1.29 is 14.3 Å². The van der Waals surface area contributed by atoms with Crippen LogP contribution in [0.15, 0.2) is 47.3 Å². The fraction of sp³-hybridized carbons (Fsp3) is 0.294. The SMILES string of the molecule is Cc1ccc(CN(Cc2ccco2)C(=O)[C@H](O)c2cnn(C)c2)s1. The molecule has 0 saturated heterocycles. The summed E-state index contributed by atoms with van der Waals surface area (Å²) in [7, 11) is 1.75. The van der Waals surface area contributed by atoms with Crippen LogP contribution in [-0.4, -0.2) is 25.7 Å². The molecule has 1 atom stereocenters. The van der Waals surface area contributed by atoms with Crippen molar-refractivity contribution in [3.8, 4) is 0 Å². The fourth-order valence-electron chi connectivity index (χ4n) is 2.46. The molecular weight excluding hydrogens is 326 g/mol. The summed E-state index contributed by atoms with van der Waals surface area (Å²) in [5.41, 5.74) is 0.481. The molecule has 6 nitrogen and oxygen atoms in total. The van der Waals surface area contributed by atoms with Crippen molar-refractivity contribution in [2.45, 2.75) is 26.1 Å². The highest BCUT2D eigenvalue weighted by molar-refractivity contribution is 7.11. The maximum atomic E-state index is 12.8. The van der Waals surface area contributed by atoms with E-state index in [1.54, 1.807) is 46.5 Å². The number of aliphatic hydroxyl groups excluding tert-OH is 1. The van der Waals surface area contributed by atoms with E-state index in [-0.39, 0.29) is 5.91 Å². The van der Waals surface area contributed by atoms with E-state index in [1.165, 1.54) is 11.1 Å². The molecule has 0 aliphatic rings. The molecule has 7 heteroatoms. The second kappa shape index (κ2) is 7.02. The molecule has 0 saturated carbocycles. The molecule has 0 bridgehead atoms. The fourth-order valence-corrected chi connectivity index (χ4v) is 3.36. The third-order valence-electron chi connectivity index (χ3n) is 3.66. The van der Waals surface area contributed by atoms with Crippen LogP contribution in [0.1, 0.15) is 27.2 Å².